The van der Waals surface area contributed by atoms with Crippen LogP contribution in [0, 0.1) is 6.92 Å². The zero-order chi connectivity index (χ0) is 19.7. The summed E-state index contributed by atoms with van der Waals surface area (Å²) in [6.07, 6.45) is 1.74. The highest BCUT2D eigenvalue weighted by Gasteiger charge is 2.25. The van der Waals surface area contributed by atoms with Crippen LogP contribution in [-0.4, -0.2) is 37.4 Å². The molecular weight excluding hydrogens is 334 g/mol. The van der Waals surface area contributed by atoms with Crippen LogP contribution in [0.4, 0.5) is 4.79 Å². The van der Waals surface area contributed by atoms with Gasteiger partial charge in [-0.15, -0.1) is 0 Å². The highest BCUT2D eigenvalue weighted by atomic mass is 16.6. The number of carbonyl (C=O) groups excluding carboxylic acids is 2. The van der Waals surface area contributed by atoms with Gasteiger partial charge in [-0.25, -0.2) is 9.59 Å². The Kier molecular flexibility index (Phi) is 8.42. The van der Waals surface area contributed by atoms with Crippen molar-refractivity contribution >= 4 is 12.1 Å². The second kappa shape index (κ2) is 10.0. The Labute approximate surface area is 156 Å². The Morgan fingerprint density at radius 1 is 1.23 bits per heavy atom. The maximum Gasteiger partial charge on any atom is 0.408 e. The van der Waals surface area contributed by atoms with Gasteiger partial charge in [0.05, 0.1) is 13.7 Å². The number of methoxy groups -OCH3 is 1. The number of carbonyl (C=O) groups is 2. The van der Waals surface area contributed by atoms with Gasteiger partial charge >= 0.3 is 12.1 Å². The summed E-state index contributed by atoms with van der Waals surface area (Å²) in [7, 11) is 1.29. The third-order valence-corrected chi connectivity index (χ3v) is 3.61. The number of alkyl carbamates (subject to hydrolysis) is 1. The van der Waals surface area contributed by atoms with E-state index >= 15 is 0 Å². The third-order valence-electron chi connectivity index (χ3n) is 3.61. The largest absolute Gasteiger partial charge is 0.493 e. The second-order valence-corrected chi connectivity index (χ2v) is 7.23. The molecule has 0 saturated heterocycles. The predicted octanol–water partition coefficient (Wildman–Crippen LogP) is 3.78. The SMILES string of the molecule is CCCCOc1ccc(C[C@H](NC(=O)OC(C)(C)C)C(=O)OC)cc1C. The number of hydrogen-bond acceptors (Lipinski definition) is 5. The van der Waals surface area contributed by atoms with Crippen LogP contribution in [0.2, 0.25) is 0 Å². The second-order valence-electron chi connectivity index (χ2n) is 7.23. The summed E-state index contributed by atoms with van der Waals surface area (Å²) in [6.45, 7) is 10.0. The van der Waals surface area contributed by atoms with Gasteiger partial charge in [-0.2, -0.15) is 0 Å². The van der Waals surface area contributed by atoms with Gasteiger partial charge in [0.2, 0.25) is 0 Å². The molecule has 0 unspecified atom stereocenters. The van der Waals surface area contributed by atoms with Crippen molar-refractivity contribution in [3.63, 3.8) is 0 Å². The minimum Gasteiger partial charge on any atom is -0.493 e. The number of amides is 1. The molecule has 1 amide bonds. The normalized spacial score (nSPS) is 12.2. The van der Waals surface area contributed by atoms with E-state index in [-0.39, 0.29) is 0 Å². The molecule has 1 aromatic carbocycles. The zero-order valence-electron chi connectivity index (χ0n) is 16.7. The summed E-state index contributed by atoms with van der Waals surface area (Å²) in [5, 5.41) is 2.58. The fourth-order valence-corrected chi connectivity index (χ4v) is 2.35. The average Bonchev–Trinajstić information content (AvgIpc) is 2.54. The maximum absolute atomic E-state index is 12.0. The number of rotatable bonds is 8. The van der Waals surface area contributed by atoms with E-state index in [4.69, 9.17) is 14.2 Å². The Hall–Kier alpha value is -2.24. The smallest absolute Gasteiger partial charge is 0.408 e. The molecule has 0 saturated carbocycles. The molecule has 0 aliphatic carbocycles. The Balaban J connectivity index is 2.80. The first-order chi connectivity index (χ1) is 12.2. The van der Waals surface area contributed by atoms with Crippen LogP contribution in [0.1, 0.15) is 51.7 Å². The first kappa shape index (κ1) is 21.8. The summed E-state index contributed by atoms with van der Waals surface area (Å²) in [4.78, 5) is 24.0. The van der Waals surface area contributed by atoms with Crippen LogP contribution in [0.3, 0.4) is 0 Å². The number of hydrogen-bond donors (Lipinski definition) is 1. The van der Waals surface area contributed by atoms with Crippen LogP contribution in [0.15, 0.2) is 18.2 Å². The van der Waals surface area contributed by atoms with E-state index in [1.165, 1.54) is 7.11 Å². The molecule has 6 nitrogen and oxygen atoms in total. The van der Waals surface area contributed by atoms with Gasteiger partial charge in [0.1, 0.15) is 17.4 Å². The van der Waals surface area contributed by atoms with Gasteiger partial charge in [0.25, 0.3) is 0 Å². The summed E-state index contributed by atoms with van der Waals surface area (Å²) in [5.74, 6) is 0.314. The van der Waals surface area contributed by atoms with Crippen molar-refractivity contribution < 1.29 is 23.8 Å². The Morgan fingerprint density at radius 2 is 1.92 bits per heavy atom. The number of benzene rings is 1. The van der Waals surface area contributed by atoms with Gasteiger partial charge in [0, 0.05) is 6.42 Å². The van der Waals surface area contributed by atoms with Crippen molar-refractivity contribution in [2.24, 2.45) is 0 Å². The lowest BCUT2D eigenvalue weighted by molar-refractivity contribution is -0.143. The standard InChI is InChI=1S/C20H31NO5/c1-7-8-11-25-17-10-9-15(12-14(17)2)13-16(18(22)24-6)21-19(23)26-20(3,4)5/h9-10,12,16H,7-8,11,13H2,1-6H3,(H,21,23)/t16-/m0/s1. The van der Waals surface area contributed by atoms with Crippen LogP contribution in [0.25, 0.3) is 0 Å². The number of unbranched alkanes of at least 4 members (excludes halogenated alkanes) is 1. The minimum absolute atomic E-state index is 0.308. The van der Waals surface area contributed by atoms with Gasteiger partial charge in [-0.1, -0.05) is 25.5 Å². The molecule has 1 aromatic rings. The molecule has 0 aliphatic rings. The molecule has 0 radical (unpaired) electrons. The first-order valence-electron chi connectivity index (χ1n) is 8.96. The van der Waals surface area contributed by atoms with E-state index in [1.807, 2.05) is 25.1 Å². The number of aryl methyl sites for hydroxylation is 1. The number of esters is 1. The minimum atomic E-state index is -0.818. The first-order valence-corrected chi connectivity index (χ1v) is 8.96. The topological polar surface area (TPSA) is 73.9 Å². The number of ether oxygens (including phenoxy) is 3. The highest BCUT2D eigenvalue weighted by Crippen LogP contribution is 2.20. The highest BCUT2D eigenvalue weighted by molar-refractivity contribution is 5.81. The van der Waals surface area contributed by atoms with Crippen LogP contribution in [-0.2, 0) is 20.7 Å². The quantitative estimate of drug-likeness (QED) is 0.560. The monoisotopic (exact) mass is 365 g/mol. The lowest BCUT2D eigenvalue weighted by Crippen LogP contribution is -2.45. The summed E-state index contributed by atoms with van der Waals surface area (Å²) >= 11 is 0. The van der Waals surface area contributed by atoms with Crippen molar-refractivity contribution in [1.29, 1.82) is 0 Å². The van der Waals surface area contributed by atoms with Gasteiger partial charge in [-0.3, -0.25) is 0 Å². The lowest BCUT2D eigenvalue weighted by Gasteiger charge is -2.22. The summed E-state index contributed by atoms with van der Waals surface area (Å²) < 4.78 is 15.8. The lowest BCUT2D eigenvalue weighted by atomic mass is 10.0. The number of nitrogens with one attached hydrogen (secondary N) is 1. The predicted molar refractivity (Wildman–Crippen MR) is 100 cm³/mol. The molecule has 1 rings (SSSR count). The molecule has 6 heteroatoms. The Bertz CT molecular complexity index is 607. The van der Waals surface area contributed by atoms with Crippen molar-refractivity contribution in [3.05, 3.63) is 29.3 Å². The summed E-state index contributed by atoms with van der Waals surface area (Å²) in [6, 6.07) is 4.91. The third kappa shape index (κ3) is 7.76. The van der Waals surface area contributed by atoms with E-state index in [1.54, 1.807) is 20.8 Å². The molecule has 0 fully saturated rings. The van der Waals surface area contributed by atoms with Gasteiger partial charge < -0.3 is 19.5 Å². The molecular formula is C20H31NO5. The maximum atomic E-state index is 12.0. The van der Waals surface area contributed by atoms with Gasteiger partial charge in [-0.05, 0) is 51.3 Å². The average molecular weight is 365 g/mol. The van der Waals surface area contributed by atoms with Crippen LogP contribution in [0.5, 0.6) is 5.75 Å². The fraction of sp³-hybridized carbons (Fsp3) is 0.600. The van der Waals surface area contributed by atoms with Crippen LogP contribution < -0.4 is 10.1 Å². The fourth-order valence-electron chi connectivity index (χ4n) is 2.35. The molecule has 0 bridgehead atoms. The van der Waals surface area contributed by atoms with E-state index < -0.39 is 23.7 Å². The molecule has 26 heavy (non-hydrogen) atoms. The molecule has 0 spiro atoms. The molecule has 1 atom stereocenters. The molecule has 146 valence electrons. The van der Waals surface area contributed by atoms with E-state index in [0.29, 0.717) is 13.0 Å². The van der Waals surface area contributed by atoms with Crippen molar-refractivity contribution in [2.45, 2.75) is 65.5 Å². The van der Waals surface area contributed by atoms with Gasteiger partial charge in [0.15, 0.2) is 0 Å². The van der Waals surface area contributed by atoms with E-state index in [0.717, 1.165) is 29.7 Å². The zero-order valence-corrected chi connectivity index (χ0v) is 16.7. The van der Waals surface area contributed by atoms with Crippen molar-refractivity contribution in [2.75, 3.05) is 13.7 Å². The molecule has 0 heterocycles. The molecule has 1 N–H and O–H groups in total. The van der Waals surface area contributed by atoms with E-state index in [2.05, 4.69) is 12.2 Å². The molecule has 0 aromatic heterocycles. The van der Waals surface area contributed by atoms with Crippen molar-refractivity contribution in [1.82, 2.24) is 5.32 Å². The van der Waals surface area contributed by atoms with Crippen molar-refractivity contribution in [3.8, 4) is 5.75 Å². The summed E-state index contributed by atoms with van der Waals surface area (Å²) in [5.41, 5.74) is 1.25. The van der Waals surface area contributed by atoms with E-state index in [9.17, 15) is 9.59 Å². The molecule has 0 aliphatic heterocycles. The van der Waals surface area contributed by atoms with Crippen LogP contribution >= 0.6 is 0 Å². The Morgan fingerprint density at radius 3 is 2.46 bits per heavy atom.